The number of carboxylic acid groups (broad SMARTS) is 1. The fourth-order valence-corrected chi connectivity index (χ4v) is 2.63. The smallest absolute Gasteiger partial charge is 0.339 e. The van der Waals surface area contributed by atoms with E-state index in [0.29, 0.717) is 23.6 Å². The lowest BCUT2D eigenvalue weighted by atomic mass is 10.2. The van der Waals surface area contributed by atoms with E-state index in [1.807, 2.05) is 0 Å². The van der Waals surface area contributed by atoms with Crippen LogP contribution in [0.1, 0.15) is 33.6 Å². The van der Waals surface area contributed by atoms with E-state index in [1.54, 1.807) is 25.1 Å². The summed E-state index contributed by atoms with van der Waals surface area (Å²) in [5, 5.41) is 9.28. The number of hydrogen-bond acceptors (Lipinski definition) is 6. The van der Waals surface area contributed by atoms with E-state index < -0.39 is 11.9 Å². The normalized spacial score (nSPS) is 10.5. The van der Waals surface area contributed by atoms with Crippen molar-refractivity contribution in [3.05, 3.63) is 41.3 Å². The largest absolute Gasteiger partial charge is 0.493 e. The standard InChI is InChI=1S/C19H23NO7/c1-5-14-13(19(22)23)11-17(27-14)18(21)20(8-9-24-2)12-6-7-15(25-3)16(10-12)26-4/h6-7,10-11H,5,8-9H2,1-4H3,(H,22,23). The molecule has 0 unspecified atom stereocenters. The van der Waals surface area contributed by atoms with Crippen molar-refractivity contribution in [1.29, 1.82) is 0 Å². The topological polar surface area (TPSA) is 98.4 Å². The third kappa shape index (κ3) is 4.40. The van der Waals surface area contributed by atoms with Gasteiger partial charge in [-0.15, -0.1) is 0 Å². The molecule has 0 radical (unpaired) electrons. The van der Waals surface area contributed by atoms with Gasteiger partial charge in [0.1, 0.15) is 11.3 Å². The lowest BCUT2D eigenvalue weighted by Gasteiger charge is -2.22. The maximum Gasteiger partial charge on any atom is 0.339 e. The van der Waals surface area contributed by atoms with Gasteiger partial charge in [0, 0.05) is 37.9 Å². The number of carbonyl (C=O) groups is 2. The summed E-state index contributed by atoms with van der Waals surface area (Å²) in [6, 6.07) is 6.30. The zero-order valence-corrected chi connectivity index (χ0v) is 15.8. The Hall–Kier alpha value is -3.00. The number of aryl methyl sites for hydroxylation is 1. The summed E-state index contributed by atoms with van der Waals surface area (Å²) in [5.74, 6) is -0.407. The van der Waals surface area contributed by atoms with Crippen LogP contribution in [0.3, 0.4) is 0 Å². The summed E-state index contributed by atoms with van der Waals surface area (Å²) in [4.78, 5) is 25.8. The molecular weight excluding hydrogens is 354 g/mol. The average molecular weight is 377 g/mol. The van der Waals surface area contributed by atoms with Gasteiger partial charge in [-0.2, -0.15) is 0 Å². The first kappa shape index (κ1) is 20.3. The summed E-state index contributed by atoms with van der Waals surface area (Å²) in [6.45, 7) is 2.29. The predicted octanol–water partition coefficient (Wildman–Crippen LogP) is 2.85. The Morgan fingerprint density at radius 3 is 2.33 bits per heavy atom. The van der Waals surface area contributed by atoms with Crippen molar-refractivity contribution in [1.82, 2.24) is 0 Å². The van der Waals surface area contributed by atoms with Gasteiger partial charge in [-0.25, -0.2) is 4.79 Å². The molecule has 8 heteroatoms. The summed E-state index contributed by atoms with van der Waals surface area (Å²) >= 11 is 0. The minimum Gasteiger partial charge on any atom is -0.493 e. The van der Waals surface area contributed by atoms with Gasteiger partial charge in [-0.3, -0.25) is 4.79 Å². The molecule has 1 aromatic carbocycles. The molecular formula is C19H23NO7. The van der Waals surface area contributed by atoms with Gasteiger partial charge in [0.2, 0.25) is 0 Å². The Morgan fingerprint density at radius 2 is 1.81 bits per heavy atom. The predicted molar refractivity (Wildman–Crippen MR) is 98.1 cm³/mol. The maximum atomic E-state index is 13.0. The maximum absolute atomic E-state index is 13.0. The van der Waals surface area contributed by atoms with E-state index in [-0.39, 0.29) is 30.2 Å². The lowest BCUT2D eigenvalue weighted by molar-refractivity contribution is 0.0694. The second-order valence-electron chi connectivity index (χ2n) is 5.60. The average Bonchev–Trinajstić information content (AvgIpc) is 3.12. The molecule has 0 saturated carbocycles. The van der Waals surface area contributed by atoms with Gasteiger partial charge < -0.3 is 28.6 Å². The number of hydrogen-bond donors (Lipinski definition) is 1. The van der Waals surface area contributed by atoms with Crippen LogP contribution >= 0.6 is 0 Å². The van der Waals surface area contributed by atoms with E-state index >= 15 is 0 Å². The molecule has 0 saturated heterocycles. The molecule has 1 amide bonds. The molecule has 0 aliphatic carbocycles. The fraction of sp³-hybridized carbons (Fsp3) is 0.368. The summed E-state index contributed by atoms with van der Waals surface area (Å²) < 4.78 is 21.1. The third-order valence-electron chi connectivity index (χ3n) is 4.01. The summed E-state index contributed by atoms with van der Waals surface area (Å²) in [7, 11) is 4.55. The molecule has 0 fully saturated rings. The van der Waals surface area contributed by atoms with Crippen molar-refractivity contribution < 1.29 is 33.3 Å². The number of carboxylic acids is 1. The highest BCUT2D eigenvalue weighted by Crippen LogP contribution is 2.32. The fourth-order valence-electron chi connectivity index (χ4n) is 2.63. The first-order valence-electron chi connectivity index (χ1n) is 8.35. The second-order valence-corrected chi connectivity index (χ2v) is 5.60. The Bertz CT molecular complexity index is 812. The van der Waals surface area contributed by atoms with Crippen LogP contribution in [0.5, 0.6) is 11.5 Å². The van der Waals surface area contributed by atoms with Crippen LogP contribution in [0.15, 0.2) is 28.7 Å². The van der Waals surface area contributed by atoms with Crippen LogP contribution in [-0.4, -0.2) is 51.5 Å². The Balaban J connectivity index is 2.44. The monoisotopic (exact) mass is 377 g/mol. The number of methoxy groups -OCH3 is 3. The van der Waals surface area contributed by atoms with E-state index in [9.17, 15) is 14.7 Å². The van der Waals surface area contributed by atoms with Crippen molar-refractivity contribution in [3.63, 3.8) is 0 Å². The van der Waals surface area contributed by atoms with Crippen LogP contribution in [0.25, 0.3) is 0 Å². The van der Waals surface area contributed by atoms with Crippen molar-refractivity contribution in [2.24, 2.45) is 0 Å². The first-order chi connectivity index (χ1) is 13.0. The van der Waals surface area contributed by atoms with Gasteiger partial charge in [0.15, 0.2) is 17.3 Å². The minimum atomic E-state index is -1.13. The molecule has 2 aromatic rings. The number of benzene rings is 1. The molecule has 146 valence electrons. The van der Waals surface area contributed by atoms with Crippen LogP contribution < -0.4 is 14.4 Å². The van der Waals surface area contributed by atoms with Crippen LogP contribution in [0, 0.1) is 0 Å². The van der Waals surface area contributed by atoms with E-state index in [2.05, 4.69) is 0 Å². The number of nitrogens with zero attached hydrogens (tertiary/aromatic N) is 1. The van der Waals surface area contributed by atoms with Crippen LogP contribution in [-0.2, 0) is 11.2 Å². The van der Waals surface area contributed by atoms with Crippen molar-refractivity contribution in [2.45, 2.75) is 13.3 Å². The van der Waals surface area contributed by atoms with E-state index in [4.69, 9.17) is 18.6 Å². The van der Waals surface area contributed by atoms with Gasteiger partial charge in [-0.1, -0.05) is 6.92 Å². The SMILES string of the molecule is CCc1oc(C(=O)N(CCOC)c2ccc(OC)c(OC)c2)cc1C(=O)O. The number of ether oxygens (including phenoxy) is 3. The number of anilines is 1. The van der Waals surface area contributed by atoms with Crippen molar-refractivity contribution >= 4 is 17.6 Å². The van der Waals surface area contributed by atoms with Crippen LogP contribution in [0.2, 0.25) is 0 Å². The molecule has 0 aliphatic rings. The third-order valence-corrected chi connectivity index (χ3v) is 4.01. The van der Waals surface area contributed by atoms with Gasteiger partial charge in [0.25, 0.3) is 5.91 Å². The zero-order chi connectivity index (χ0) is 20.0. The molecule has 1 aromatic heterocycles. The van der Waals surface area contributed by atoms with Crippen molar-refractivity contribution in [3.8, 4) is 11.5 Å². The quantitative estimate of drug-likeness (QED) is 0.717. The number of rotatable bonds is 9. The minimum absolute atomic E-state index is 0.0140. The molecule has 1 N–H and O–H groups in total. The molecule has 0 spiro atoms. The number of amides is 1. The number of aromatic carboxylic acids is 1. The Labute approximate surface area is 157 Å². The van der Waals surface area contributed by atoms with E-state index in [1.165, 1.54) is 32.3 Å². The molecule has 0 aliphatic heterocycles. The number of carbonyl (C=O) groups excluding carboxylic acids is 1. The van der Waals surface area contributed by atoms with Crippen LogP contribution in [0.4, 0.5) is 5.69 Å². The highest BCUT2D eigenvalue weighted by molar-refractivity contribution is 6.05. The first-order valence-corrected chi connectivity index (χ1v) is 8.35. The highest BCUT2D eigenvalue weighted by atomic mass is 16.5. The van der Waals surface area contributed by atoms with E-state index in [0.717, 1.165) is 0 Å². The Morgan fingerprint density at radius 1 is 1.11 bits per heavy atom. The number of furan rings is 1. The molecule has 8 nitrogen and oxygen atoms in total. The Kier molecular flexibility index (Phi) is 6.84. The summed E-state index contributed by atoms with van der Waals surface area (Å²) in [5.41, 5.74) is 0.529. The highest BCUT2D eigenvalue weighted by Gasteiger charge is 2.25. The lowest BCUT2D eigenvalue weighted by Crippen LogP contribution is -2.33. The molecule has 0 atom stereocenters. The summed E-state index contributed by atoms with van der Waals surface area (Å²) in [6.07, 6.45) is 0.364. The molecule has 2 rings (SSSR count). The van der Waals surface area contributed by atoms with Gasteiger partial charge in [0.05, 0.1) is 20.8 Å². The zero-order valence-electron chi connectivity index (χ0n) is 15.8. The van der Waals surface area contributed by atoms with Crippen molar-refractivity contribution in [2.75, 3.05) is 39.4 Å². The molecule has 1 heterocycles. The molecule has 0 bridgehead atoms. The van der Waals surface area contributed by atoms with Gasteiger partial charge in [-0.05, 0) is 12.1 Å². The second kappa shape index (κ2) is 9.09. The van der Waals surface area contributed by atoms with Gasteiger partial charge >= 0.3 is 5.97 Å². The molecule has 27 heavy (non-hydrogen) atoms.